The summed E-state index contributed by atoms with van der Waals surface area (Å²) in [5, 5.41) is 4.27. The summed E-state index contributed by atoms with van der Waals surface area (Å²) in [5.74, 6) is 0.613. The number of hydrogen-bond acceptors (Lipinski definition) is 3. The summed E-state index contributed by atoms with van der Waals surface area (Å²) in [6.07, 6.45) is 1.71. The van der Waals surface area contributed by atoms with Crippen LogP contribution in [0, 0.1) is 0 Å². The van der Waals surface area contributed by atoms with Gasteiger partial charge < -0.3 is 15.2 Å². The molecule has 1 aliphatic rings. The molecule has 5 nitrogen and oxygen atoms in total. The van der Waals surface area contributed by atoms with Crippen molar-refractivity contribution in [3.05, 3.63) is 48.3 Å². The van der Waals surface area contributed by atoms with Crippen LogP contribution in [0.2, 0.25) is 0 Å². The molecule has 0 saturated heterocycles. The van der Waals surface area contributed by atoms with Gasteiger partial charge in [-0.3, -0.25) is 4.79 Å². The van der Waals surface area contributed by atoms with Gasteiger partial charge in [-0.05, 0) is 18.2 Å². The molecule has 1 aromatic carbocycles. The molecule has 2 aromatic heterocycles. The van der Waals surface area contributed by atoms with Gasteiger partial charge in [0, 0.05) is 24.1 Å². The molecule has 1 amide bonds. The number of aromatic amines is 1. The lowest BCUT2D eigenvalue weighted by molar-refractivity contribution is 0.0990. The molecule has 3 aromatic rings. The first-order valence-corrected chi connectivity index (χ1v) is 6.36. The lowest BCUT2D eigenvalue weighted by Gasteiger charge is -2.15. The maximum atomic E-state index is 12.6. The van der Waals surface area contributed by atoms with Crippen LogP contribution in [0.25, 0.3) is 10.9 Å². The summed E-state index contributed by atoms with van der Waals surface area (Å²) in [7, 11) is 1.76. The molecular formula is C15H12N4O. The summed E-state index contributed by atoms with van der Waals surface area (Å²) in [6.45, 7) is 0. The molecule has 0 bridgehead atoms. The Bertz CT molecular complexity index is 837. The van der Waals surface area contributed by atoms with Crippen LogP contribution in [0.15, 0.2) is 42.6 Å². The largest absolute Gasteiger partial charge is 0.349 e. The molecule has 0 unspecified atom stereocenters. The highest BCUT2D eigenvalue weighted by molar-refractivity contribution is 6.17. The molecule has 3 heterocycles. The van der Waals surface area contributed by atoms with E-state index in [0.717, 1.165) is 22.3 Å². The number of hydrogen-bond donors (Lipinski definition) is 2. The summed E-state index contributed by atoms with van der Waals surface area (Å²) < 4.78 is 0. The van der Waals surface area contributed by atoms with Crippen LogP contribution < -0.4 is 10.2 Å². The number of nitrogens with one attached hydrogen (secondary N) is 2. The average molecular weight is 264 g/mol. The highest BCUT2D eigenvalue weighted by Gasteiger charge is 2.27. The van der Waals surface area contributed by atoms with Gasteiger partial charge >= 0.3 is 0 Å². The third-order valence-electron chi connectivity index (χ3n) is 3.62. The van der Waals surface area contributed by atoms with Crippen molar-refractivity contribution in [3.8, 4) is 0 Å². The van der Waals surface area contributed by atoms with Gasteiger partial charge in [0.25, 0.3) is 5.91 Å². The monoisotopic (exact) mass is 264 g/mol. The zero-order chi connectivity index (χ0) is 13.7. The normalized spacial score (nSPS) is 13.7. The number of nitrogens with zero attached hydrogens (tertiary/aromatic N) is 2. The van der Waals surface area contributed by atoms with Gasteiger partial charge in [-0.25, -0.2) is 4.98 Å². The van der Waals surface area contributed by atoms with Gasteiger partial charge in [0.2, 0.25) is 0 Å². The number of amides is 1. The van der Waals surface area contributed by atoms with E-state index in [2.05, 4.69) is 15.3 Å². The number of pyridine rings is 1. The number of fused-ring (bicyclic) bond motifs is 4. The van der Waals surface area contributed by atoms with Crippen molar-refractivity contribution in [2.45, 2.75) is 0 Å². The van der Waals surface area contributed by atoms with Crippen molar-refractivity contribution in [2.24, 2.45) is 0 Å². The second-order valence-corrected chi connectivity index (χ2v) is 4.78. The molecule has 0 atom stereocenters. The fourth-order valence-electron chi connectivity index (χ4n) is 2.59. The number of H-pyrrole nitrogens is 1. The first-order valence-electron chi connectivity index (χ1n) is 6.36. The van der Waals surface area contributed by atoms with Gasteiger partial charge in [-0.15, -0.1) is 0 Å². The van der Waals surface area contributed by atoms with E-state index < -0.39 is 0 Å². The Labute approximate surface area is 115 Å². The van der Waals surface area contributed by atoms with Crippen molar-refractivity contribution in [3.63, 3.8) is 0 Å². The zero-order valence-electron chi connectivity index (χ0n) is 10.8. The van der Waals surface area contributed by atoms with Gasteiger partial charge in [-0.2, -0.15) is 0 Å². The number of carbonyl (C=O) groups excluding carboxylic acids is 1. The lowest BCUT2D eigenvalue weighted by Crippen LogP contribution is -2.25. The second-order valence-electron chi connectivity index (χ2n) is 4.78. The van der Waals surface area contributed by atoms with Crippen LogP contribution in [-0.2, 0) is 0 Å². The van der Waals surface area contributed by atoms with Crippen molar-refractivity contribution in [1.82, 2.24) is 9.97 Å². The number of rotatable bonds is 0. The fraction of sp³-hybridized carbons (Fsp3) is 0.0667. The SMILES string of the molecule is CN1C(=O)c2[nH]c3ccccc3c2Nc2ncccc21. The highest BCUT2D eigenvalue weighted by atomic mass is 16.2. The van der Waals surface area contributed by atoms with Crippen LogP contribution in [0.4, 0.5) is 17.2 Å². The Balaban J connectivity index is 2.04. The maximum absolute atomic E-state index is 12.6. The third-order valence-corrected chi connectivity index (χ3v) is 3.62. The van der Waals surface area contributed by atoms with Gasteiger partial charge in [-0.1, -0.05) is 18.2 Å². The predicted octanol–water partition coefficient (Wildman–Crippen LogP) is 2.90. The summed E-state index contributed by atoms with van der Waals surface area (Å²) in [5.41, 5.74) is 3.05. The van der Waals surface area contributed by atoms with Crippen LogP contribution in [0.5, 0.6) is 0 Å². The number of para-hydroxylation sites is 1. The van der Waals surface area contributed by atoms with E-state index in [4.69, 9.17) is 0 Å². The molecule has 0 fully saturated rings. The van der Waals surface area contributed by atoms with Crippen LogP contribution >= 0.6 is 0 Å². The Kier molecular flexibility index (Phi) is 2.12. The van der Waals surface area contributed by atoms with E-state index in [9.17, 15) is 4.79 Å². The number of anilines is 3. The molecule has 0 radical (unpaired) electrons. The lowest BCUT2D eigenvalue weighted by atomic mass is 10.2. The fourth-order valence-corrected chi connectivity index (χ4v) is 2.59. The van der Waals surface area contributed by atoms with Crippen LogP contribution in [-0.4, -0.2) is 22.9 Å². The Morgan fingerprint density at radius 3 is 2.90 bits per heavy atom. The Morgan fingerprint density at radius 2 is 2.00 bits per heavy atom. The van der Waals surface area contributed by atoms with E-state index in [1.807, 2.05) is 36.4 Å². The molecule has 1 aliphatic heterocycles. The molecule has 5 heteroatoms. The average Bonchev–Trinajstić information content (AvgIpc) is 2.81. The summed E-state index contributed by atoms with van der Waals surface area (Å²) in [4.78, 5) is 21.7. The summed E-state index contributed by atoms with van der Waals surface area (Å²) in [6, 6.07) is 11.5. The first kappa shape index (κ1) is 11.0. The van der Waals surface area contributed by atoms with E-state index in [1.165, 1.54) is 0 Å². The maximum Gasteiger partial charge on any atom is 0.276 e. The standard InChI is InChI=1S/C15H12N4O/c1-19-11-7-4-8-16-14(11)18-12-9-5-2-3-6-10(9)17-13(12)15(19)20/h2-8,17H,1H3,(H,16,18). The molecule has 2 N–H and O–H groups in total. The zero-order valence-corrected chi connectivity index (χ0v) is 10.8. The molecule has 4 rings (SSSR count). The molecule has 20 heavy (non-hydrogen) atoms. The highest BCUT2D eigenvalue weighted by Crippen LogP contribution is 2.37. The van der Waals surface area contributed by atoms with Crippen molar-refractivity contribution >= 4 is 34.0 Å². The van der Waals surface area contributed by atoms with E-state index in [-0.39, 0.29) is 5.91 Å². The van der Waals surface area contributed by atoms with Crippen LogP contribution in [0.3, 0.4) is 0 Å². The van der Waals surface area contributed by atoms with E-state index >= 15 is 0 Å². The van der Waals surface area contributed by atoms with E-state index in [0.29, 0.717) is 11.5 Å². The second kappa shape index (κ2) is 3.84. The molecule has 0 spiro atoms. The first-order chi connectivity index (χ1) is 9.75. The van der Waals surface area contributed by atoms with Crippen LogP contribution in [0.1, 0.15) is 10.5 Å². The molecule has 98 valence electrons. The van der Waals surface area contributed by atoms with Crippen molar-refractivity contribution in [2.75, 3.05) is 17.3 Å². The third kappa shape index (κ3) is 1.37. The topological polar surface area (TPSA) is 61.0 Å². The number of aromatic nitrogens is 2. The quantitative estimate of drug-likeness (QED) is 0.656. The van der Waals surface area contributed by atoms with Gasteiger partial charge in [0.1, 0.15) is 5.69 Å². The minimum atomic E-state index is -0.0737. The number of carbonyl (C=O) groups is 1. The van der Waals surface area contributed by atoms with E-state index in [1.54, 1.807) is 18.1 Å². The predicted molar refractivity (Wildman–Crippen MR) is 78.6 cm³/mol. The molecular weight excluding hydrogens is 252 g/mol. The summed E-state index contributed by atoms with van der Waals surface area (Å²) >= 11 is 0. The van der Waals surface area contributed by atoms with Gasteiger partial charge in [0.05, 0.1) is 11.4 Å². The van der Waals surface area contributed by atoms with Crippen molar-refractivity contribution < 1.29 is 4.79 Å². The minimum absolute atomic E-state index is 0.0737. The molecule has 0 aliphatic carbocycles. The van der Waals surface area contributed by atoms with Crippen molar-refractivity contribution in [1.29, 1.82) is 0 Å². The van der Waals surface area contributed by atoms with Gasteiger partial charge in [0.15, 0.2) is 5.82 Å². The molecule has 0 saturated carbocycles. The Morgan fingerprint density at radius 1 is 1.15 bits per heavy atom. The smallest absolute Gasteiger partial charge is 0.276 e. The Hall–Kier alpha value is -2.82. The minimum Gasteiger partial charge on any atom is -0.349 e. The number of benzene rings is 1.